The molecule has 1 aromatic carbocycles. The molecule has 128 valence electrons. The molecular formula is C16H24N2O4S. The lowest BCUT2D eigenvalue weighted by molar-refractivity contribution is -0.131. The van der Waals surface area contributed by atoms with Gasteiger partial charge < -0.3 is 9.64 Å². The SMILES string of the molecule is COc1cc(C)c(CC(=O)N2CCN(S(C)(=O)=O)CC2)cc1C. The number of sulfonamides is 1. The molecule has 1 amide bonds. The minimum atomic E-state index is -3.17. The summed E-state index contributed by atoms with van der Waals surface area (Å²) in [5.41, 5.74) is 3.01. The van der Waals surface area contributed by atoms with Crippen LogP contribution >= 0.6 is 0 Å². The van der Waals surface area contributed by atoms with Gasteiger partial charge in [0.2, 0.25) is 15.9 Å². The fourth-order valence-corrected chi connectivity index (χ4v) is 3.63. The van der Waals surface area contributed by atoms with Crippen molar-refractivity contribution >= 4 is 15.9 Å². The maximum absolute atomic E-state index is 12.5. The fourth-order valence-electron chi connectivity index (χ4n) is 2.80. The van der Waals surface area contributed by atoms with Gasteiger partial charge in [0, 0.05) is 26.2 Å². The third kappa shape index (κ3) is 4.23. The zero-order valence-electron chi connectivity index (χ0n) is 14.1. The first kappa shape index (κ1) is 17.7. The number of hydrogen-bond donors (Lipinski definition) is 0. The van der Waals surface area contributed by atoms with Crippen LogP contribution in [0.4, 0.5) is 0 Å². The van der Waals surface area contributed by atoms with Gasteiger partial charge in [-0.25, -0.2) is 8.42 Å². The first-order chi connectivity index (χ1) is 10.7. The first-order valence-electron chi connectivity index (χ1n) is 7.59. The number of aryl methyl sites for hydroxylation is 2. The van der Waals surface area contributed by atoms with Crippen molar-refractivity contribution in [2.24, 2.45) is 0 Å². The monoisotopic (exact) mass is 340 g/mol. The molecule has 0 N–H and O–H groups in total. The number of piperazine rings is 1. The molecule has 0 radical (unpaired) electrons. The van der Waals surface area contributed by atoms with E-state index in [0.29, 0.717) is 32.6 Å². The number of carbonyl (C=O) groups is 1. The lowest BCUT2D eigenvalue weighted by Crippen LogP contribution is -2.50. The van der Waals surface area contributed by atoms with Gasteiger partial charge in [0.15, 0.2) is 0 Å². The molecular weight excluding hydrogens is 316 g/mol. The summed E-state index contributed by atoms with van der Waals surface area (Å²) in [6.07, 6.45) is 1.53. The van der Waals surface area contributed by atoms with E-state index in [0.717, 1.165) is 22.4 Å². The van der Waals surface area contributed by atoms with E-state index in [9.17, 15) is 13.2 Å². The van der Waals surface area contributed by atoms with Crippen molar-refractivity contribution in [3.05, 3.63) is 28.8 Å². The molecule has 6 nitrogen and oxygen atoms in total. The van der Waals surface area contributed by atoms with Crippen molar-refractivity contribution < 1.29 is 17.9 Å². The highest BCUT2D eigenvalue weighted by molar-refractivity contribution is 7.88. The van der Waals surface area contributed by atoms with Crippen LogP contribution in [0.1, 0.15) is 16.7 Å². The predicted octanol–water partition coefficient (Wildman–Crippen LogP) is 0.958. The number of amides is 1. The second-order valence-electron chi connectivity index (χ2n) is 5.97. The number of hydrogen-bond acceptors (Lipinski definition) is 4. The molecule has 1 aliphatic rings. The number of benzene rings is 1. The molecule has 1 aliphatic heterocycles. The molecule has 0 spiro atoms. The highest BCUT2D eigenvalue weighted by atomic mass is 32.2. The second kappa shape index (κ2) is 6.88. The maximum atomic E-state index is 12.5. The molecule has 7 heteroatoms. The van der Waals surface area contributed by atoms with Crippen molar-refractivity contribution in [3.8, 4) is 5.75 Å². The molecule has 23 heavy (non-hydrogen) atoms. The smallest absolute Gasteiger partial charge is 0.227 e. The van der Waals surface area contributed by atoms with E-state index < -0.39 is 10.0 Å². The van der Waals surface area contributed by atoms with Crippen LogP contribution in [0.25, 0.3) is 0 Å². The largest absolute Gasteiger partial charge is 0.496 e. The van der Waals surface area contributed by atoms with E-state index in [2.05, 4.69) is 0 Å². The molecule has 1 saturated heterocycles. The van der Waals surface area contributed by atoms with Gasteiger partial charge in [0.1, 0.15) is 5.75 Å². The molecule has 0 aromatic heterocycles. The Kier molecular flexibility index (Phi) is 5.31. The van der Waals surface area contributed by atoms with Crippen LogP contribution in [-0.4, -0.2) is 63.1 Å². The zero-order chi connectivity index (χ0) is 17.2. The summed E-state index contributed by atoms with van der Waals surface area (Å²) in [5, 5.41) is 0. The molecule has 0 atom stereocenters. The van der Waals surface area contributed by atoms with Crippen LogP contribution in [0, 0.1) is 13.8 Å². The molecule has 0 bridgehead atoms. The van der Waals surface area contributed by atoms with Gasteiger partial charge in [-0.1, -0.05) is 6.07 Å². The summed E-state index contributed by atoms with van der Waals surface area (Å²) in [6.45, 7) is 5.54. The van der Waals surface area contributed by atoms with Crippen LogP contribution in [0.3, 0.4) is 0 Å². The van der Waals surface area contributed by atoms with Crippen molar-refractivity contribution in [2.75, 3.05) is 39.5 Å². The van der Waals surface area contributed by atoms with Gasteiger partial charge in [0.25, 0.3) is 0 Å². The van der Waals surface area contributed by atoms with Crippen LogP contribution in [0.2, 0.25) is 0 Å². The van der Waals surface area contributed by atoms with Gasteiger partial charge in [-0.15, -0.1) is 0 Å². The fraction of sp³-hybridized carbons (Fsp3) is 0.562. The Balaban J connectivity index is 2.02. The minimum Gasteiger partial charge on any atom is -0.496 e. The summed E-state index contributed by atoms with van der Waals surface area (Å²) >= 11 is 0. The summed E-state index contributed by atoms with van der Waals surface area (Å²) in [5.74, 6) is 0.853. The third-order valence-corrected chi connectivity index (χ3v) is 5.56. The summed E-state index contributed by atoms with van der Waals surface area (Å²) in [6, 6.07) is 3.93. The van der Waals surface area contributed by atoms with Gasteiger partial charge in [-0.2, -0.15) is 4.31 Å². The Morgan fingerprint density at radius 1 is 1.13 bits per heavy atom. The quantitative estimate of drug-likeness (QED) is 0.819. The van der Waals surface area contributed by atoms with Crippen LogP contribution < -0.4 is 4.74 Å². The van der Waals surface area contributed by atoms with E-state index >= 15 is 0 Å². The van der Waals surface area contributed by atoms with Crippen molar-refractivity contribution in [2.45, 2.75) is 20.3 Å². The van der Waals surface area contributed by atoms with Crippen molar-refractivity contribution in [1.29, 1.82) is 0 Å². The number of nitrogens with zero attached hydrogens (tertiary/aromatic N) is 2. The molecule has 2 rings (SSSR count). The maximum Gasteiger partial charge on any atom is 0.227 e. The van der Waals surface area contributed by atoms with Crippen LogP contribution in [0.5, 0.6) is 5.75 Å². The lowest BCUT2D eigenvalue weighted by atomic mass is 10.0. The van der Waals surface area contributed by atoms with E-state index in [1.54, 1.807) is 12.0 Å². The molecule has 0 saturated carbocycles. The highest BCUT2D eigenvalue weighted by Gasteiger charge is 2.26. The Morgan fingerprint density at radius 2 is 1.74 bits per heavy atom. The summed E-state index contributed by atoms with van der Waals surface area (Å²) < 4.78 is 29.7. The Labute approximate surface area is 138 Å². The molecule has 1 fully saturated rings. The third-order valence-electron chi connectivity index (χ3n) is 4.26. The molecule has 0 unspecified atom stereocenters. The van der Waals surface area contributed by atoms with E-state index in [1.807, 2.05) is 26.0 Å². The highest BCUT2D eigenvalue weighted by Crippen LogP contribution is 2.23. The van der Waals surface area contributed by atoms with E-state index in [1.165, 1.54) is 10.6 Å². The Hall–Kier alpha value is -1.60. The average Bonchev–Trinajstić information content (AvgIpc) is 2.49. The van der Waals surface area contributed by atoms with E-state index in [4.69, 9.17) is 4.74 Å². The van der Waals surface area contributed by atoms with Crippen LogP contribution in [0.15, 0.2) is 12.1 Å². The van der Waals surface area contributed by atoms with Crippen molar-refractivity contribution in [3.63, 3.8) is 0 Å². The Bertz CT molecular complexity index is 692. The lowest BCUT2D eigenvalue weighted by Gasteiger charge is -2.33. The molecule has 0 aliphatic carbocycles. The minimum absolute atomic E-state index is 0.0332. The van der Waals surface area contributed by atoms with Gasteiger partial charge in [-0.05, 0) is 36.6 Å². The Morgan fingerprint density at radius 3 is 2.26 bits per heavy atom. The summed E-state index contributed by atoms with van der Waals surface area (Å²) in [7, 11) is -1.54. The van der Waals surface area contributed by atoms with Gasteiger partial charge >= 0.3 is 0 Å². The summed E-state index contributed by atoms with van der Waals surface area (Å²) in [4.78, 5) is 14.2. The molecule has 1 aromatic rings. The number of methoxy groups -OCH3 is 1. The first-order valence-corrected chi connectivity index (χ1v) is 9.44. The number of carbonyl (C=O) groups excluding carboxylic acids is 1. The topological polar surface area (TPSA) is 66.9 Å². The standard InChI is InChI=1S/C16H24N2O4S/c1-12-10-15(22-3)13(2)9-14(12)11-16(19)17-5-7-18(8-6-17)23(4,20)21/h9-10H,5-8,11H2,1-4H3. The predicted molar refractivity (Wildman–Crippen MR) is 89.2 cm³/mol. The normalized spacial score (nSPS) is 16.4. The second-order valence-corrected chi connectivity index (χ2v) is 7.95. The van der Waals surface area contributed by atoms with Gasteiger partial charge in [-0.3, -0.25) is 4.79 Å². The number of rotatable bonds is 4. The van der Waals surface area contributed by atoms with Gasteiger partial charge in [0.05, 0.1) is 19.8 Å². The van der Waals surface area contributed by atoms with Crippen LogP contribution in [-0.2, 0) is 21.2 Å². The zero-order valence-corrected chi connectivity index (χ0v) is 14.9. The average molecular weight is 340 g/mol. The van der Waals surface area contributed by atoms with Crippen molar-refractivity contribution in [1.82, 2.24) is 9.21 Å². The van der Waals surface area contributed by atoms with E-state index in [-0.39, 0.29) is 5.91 Å². The molecule has 1 heterocycles. The number of ether oxygens (including phenoxy) is 1.